The Morgan fingerprint density at radius 1 is 1.69 bits per heavy atom. The average molecular weight is 239 g/mol. The highest BCUT2D eigenvalue weighted by atomic mass is 32.1. The lowest BCUT2D eigenvalue weighted by molar-refractivity contribution is 0.126. The van der Waals surface area contributed by atoms with Crippen molar-refractivity contribution in [1.82, 2.24) is 15.2 Å². The van der Waals surface area contributed by atoms with E-state index in [9.17, 15) is 0 Å². The summed E-state index contributed by atoms with van der Waals surface area (Å²) in [5, 5.41) is 4.70. The third-order valence-corrected chi connectivity index (χ3v) is 4.64. The number of aryl methyl sites for hydroxylation is 1. The summed E-state index contributed by atoms with van der Waals surface area (Å²) in [7, 11) is 0. The van der Waals surface area contributed by atoms with E-state index in [1.165, 1.54) is 9.88 Å². The van der Waals surface area contributed by atoms with Crippen molar-refractivity contribution in [2.45, 2.75) is 39.3 Å². The molecule has 0 spiro atoms. The SMILES string of the molecule is CCc1cnc(C(C)N2CCNCC2C)s1. The average Bonchev–Trinajstić information content (AvgIpc) is 2.77. The summed E-state index contributed by atoms with van der Waals surface area (Å²) < 4.78 is 0. The van der Waals surface area contributed by atoms with Crippen molar-refractivity contribution in [3.8, 4) is 0 Å². The van der Waals surface area contributed by atoms with E-state index in [1.54, 1.807) is 0 Å². The quantitative estimate of drug-likeness (QED) is 0.875. The van der Waals surface area contributed by atoms with Crippen molar-refractivity contribution in [2.24, 2.45) is 0 Å². The molecule has 1 aromatic rings. The van der Waals surface area contributed by atoms with Gasteiger partial charge in [0.2, 0.25) is 0 Å². The van der Waals surface area contributed by atoms with Gasteiger partial charge in [-0.15, -0.1) is 11.3 Å². The molecule has 16 heavy (non-hydrogen) atoms. The molecule has 1 aliphatic rings. The van der Waals surface area contributed by atoms with Crippen LogP contribution >= 0.6 is 11.3 Å². The molecule has 4 heteroatoms. The topological polar surface area (TPSA) is 28.2 Å². The van der Waals surface area contributed by atoms with E-state index in [2.05, 4.69) is 36.0 Å². The van der Waals surface area contributed by atoms with Crippen LogP contribution in [0, 0.1) is 0 Å². The monoisotopic (exact) mass is 239 g/mol. The molecule has 0 radical (unpaired) electrons. The van der Waals surface area contributed by atoms with Crippen LogP contribution in [0.25, 0.3) is 0 Å². The molecule has 3 nitrogen and oxygen atoms in total. The predicted octanol–water partition coefficient (Wildman–Crippen LogP) is 2.06. The Morgan fingerprint density at radius 2 is 2.50 bits per heavy atom. The second kappa shape index (κ2) is 5.25. The standard InChI is InChI=1S/C12H21N3S/c1-4-11-8-14-12(16-11)10(3)15-6-5-13-7-9(15)2/h8-10,13H,4-7H2,1-3H3. The number of nitrogens with zero attached hydrogens (tertiary/aromatic N) is 2. The number of piperazine rings is 1. The number of thiazole rings is 1. The summed E-state index contributed by atoms with van der Waals surface area (Å²) in [5.41, 5.74) is 0. The van der Waals surface area contributed by atoms with Crippen LogP contribution in [-0.4, -0.2) is 35.6 Å². The van der Waals surface area contributed by atoms with Crippen LogP contribution < -0.4 is 5.32 Å². The Labute approximate surface area is 102 Å². The van der Waals surface area contributed by atoms with Gasteiger partial charge in [0.25, 0.3) is 0 Å². The van der Waals surface area contributed by atoms with Gasteiger partial charge in [-0.05, 0) is 20.3 Å². The molecule has 1 aromatic heterocycles. The molecule has 1 fully saturated rings. The maximum Gasteiger partial charge on any atom is 0.110 e. The maximum atomic E-state index is 4.55. The highest BCUT2D eigenvalue weighted by molar-refractivity contribution is 7.11. The second-order valence-electron chi connectivity index (χ2n) is 4.49. The van der Waals surface area contributed by atoms with Crippen molar-refractivity contribution in [3.63, 3.8) is 0 Å². The molecule has 0 saturated carbocycles. The first-order valence-electron chi connectivity index (χ1n) is 6.13. The summed E-state index contributed by atoms with van der Waals surface area (Å²) in [6.07, 6.45) is 3.13. The van der Waals surface area contributed by atoms with E-state index in [1.807, 2.05) is 17.5 Å². The predicted molar refractivity (Wildman–Crippen MR) is 68.9 cm³/mol. The summed E-state index contributed by atoms with van der Waals surface area (Å²) in [4.78, 5) is 8.50. The smallest absolute Gasteiger partial charge is 0.110 e. The van der Waals surface area contributed by atoms with Crippen LogP contribution in [0.4, 0.5) is 0 Å². The Kier molecular flexibility index (Phi) is 3.95. The minimum absolute atomic E-state index is 0.461. The fourth-order valence-corrected chi connectivity index (χ4v) is 3.18. The lowest BCUT2D eigenvalue weighted by atomic mass is 10.1. The lowest BCUT2D eigenvalue weighted by Crippen LogP contribution is -2.50. The third-order valence-electron chi connectivity index (χ3n) is 3.33. The third kappa shape index (κ3) is 2.44. The first-order valence-corrected chi connectivity index (χ1v) is 6.95. The Balaban J connectivity index is 2.07. The molecular weight excluding hydrogens is 218 g/mol. The molecule has 1 N–H and O–H groups in total. The van der Waals surface area contributed by atoms with Crippen molar-refractivity contribution in [3.05, 3.63) is 16.1 Å². The zero-order valence-electron chi connectivity index (χ0n) is 10.4. The molecule has 1 saturated heterocycles. The molecule has 0 bridgehead atoms. The Bertz CT molecular complexity index is 337. The van der Waals surface area contributed by atoms with Gasteiger partial charge in [-0.2, -0.15) is 0 Å². The van der Waals surface area contributed by atoms with E-state index in [-0.39, 0.29) is 0 Å². The normalized spacial score (nSPS) is 24.6. The Morgan fingerprint density at radius 3 is 3.12 bits per heavy atom. The van der Waals surface area contributed by atoms with E-state index >= 15 is 0 Å². The van der Waals surface area contributed by atoms with E-state index in [0.717, 1.165) is 26.1 Å². The van der Waals surface area contributed by atoms with Gasteiger partial charge in [0.1, 0.15) is 5.01 Å². The Hall–Kier alpha value is -0.450. The number of hydrogen-bond donors (Lipinski definition) is 1. The molecule has 0 aliphatic carbocycles. The van der Waals surface area contributed by atoms with Crippen LogP contribution in [0.1, 0.15) is 36.7 Å². The lowest BCUT2D eigenvalue weighted by Gasteiger charge is -2.37. The summed E-state index contributed by atoms with van der Waals surface area (Å²) in [5.74, 6) is 0. The number of rotatable bonds is 3. The van der Waals surface area contributed by atoms with Gasteiger partial charge in [0, 0.05) is 36.8 Å². The van der Waals surface area contributed by atoms with Gasteiger partial charge in [0.15, 0.2) is 0 Å². The summed E-state index contributed by atoms with van der Waals surface area (Å²) >= 11 is 1.86. The molecule has 0 amide bonds. The van der Waals surface area contributed by atoms with Crippen LogP contribution in [0.3, 0.4) is 0 Å². The van der Waals surface area contributed by atoms with Crippen molar-refractivity contribution < 1.29 is 0 Å². The van der Waals surface area contributed by atoms with Gasteiger partial charge in [-0.1, -0.05) is 6.92 Å². The molecule has 90 valence electrons. The van der Waals surface area contributed by atoms with Crippen LogP contribution in [0.5, 0.6) is 0 Å². The maximum absolute atomic E-state index is 4.55. The van der Waals surface area contributed by atoms with Crippen molar-refractivity contribution in [1.29, 1.82) is 0 Å². The van der Waals surface area contributed by atoms with Crippen molar-refractivity contribution in [2.75, 3.05) is 19.6 Å². The molecule has 2 rings (SSSR count). The number of hydrogen-bond acceptors (Lipinski definition) is 4. The van der Waals surface area contributed by atoms with Crippen LogP contribution in [0.15, 0.2) is 6.20 Å². The van der Waals surface area contributed by atoms with Gasteiger partial charge in [-0.3, -0.25) is 4.90 Å². The van der Waals surface area contributed by atoms with Gasteiger partial charge in [-0.25, -0.2) is 4.98 Å². The van der Waals surface area contributed by atoms with Crippen LogP contribution in [0.2, 0.25) is 0 Å². The van der Waals surface area contributed by atoms with Gasteiger partial charge in [0.05, 0.1) is 6.04 Å². The minimum Gasteiger partial charge on any atom is -0.314 e. The van der Waals surface area contributed by atoms with E-state index < -0.39 is 0 Å². The molecule has 0 aromatic carbocycles. The molecule has 2 heterocycles. The van der Waals surface area contributed by atoms with Gasteiger partial charge >= 0.3 is 0 Å². The fourth-order valence-electron chi connectivity index (χ4n) is 2.25. The summed E-state index contributed by atoms with van der Waals surface area (Å²) in [6.45, 7) is 10.1. The highest BCUT2D eigenvalue weighted by Crippen LogP contribution is 2.27. The minimum atomic E-state index is 0.461. The molecular formula is C12H21N3S. The number of nitrogens with one attached hydrogen (secondary N) is 1. The van der Waals surface area contributed by atoms with E-state index in [4.69, 9.17) is 0 Å². The van der Waals surface area contributed by atoms with E-state index in [0.29, 0.717) is 12.1 Å². The zero-order valence-corrected chi connectivity index (χ0v) is 11.2. The first kappa shape index (κ1) is 12.0. The second-order valence-corrected chi connectivity index (χ2v) is 5.63. The fraction of sp³-hybridized carbons (Fsp3) is 0.750. The zero-order chi connectivity index (χ0) is 11.5. The molecule has 2 atom stereocenters. The van der Waals surface area contributed by atoms with Crippen LogP contribution in [-0.2, 0) is 6.42 Å². The molecule has 1 aliphatic heterocycles. The highest BCUT2D eigenvalue weighted by Gasteiger charge is 2.25. The van der Waals surface area contributed by atoms with Crippen molar-refractivity contribution >= 4 is 11.3 Å². The largest absolute Gasteiger partial charge is 0.314 e. The van der Waals surface area contributed by atoms with Gasteiger partial charge < -0.3 is 5.32 Å². The first-order chi connectivity index (χ1) is 7.72. The summed E-state index contributed by atoms with van der Waals surface area (Å²) in [6, 6.07) is 1.07. The molecule has 2 unspecified atom stereocenters. The number of aromatic nitrogens is 1.